The van der Waals surface area contributed by atoms with Crippen LogP contribution in [0.4, 0.5) is 0 Å². The zero-order valence-electron chi connectivity index (χ0n) is 11.7. The van der Waals surface area contributed by atoms with E-state index in [1.165, 1.54) is 18.2 Å². The van der Waals surface area contributed by atoms with E-state index in [4.69, 9.17) is 4.74 Å². The first-order valence-corrected chi connectivity index (χ1v) is 8.27. The molecule has 0 spiro atoms. The van der Waals surface area contributed by atoms with E-state index >= 15 is 0 Å². The molecule has 0 bridgehead atoms. The van der Waals surface area contributed by atoms with Gasteiger partial charge in [0, 0.05) is 5.56 Å². The Hall–Kier alpha value is -1.56. The van der Waals surface area contributed by atoms with Crippen LogP contribution in [0.2, 0.25) is 0 Å². The van der Waals surface area contributed by atoms with Gasteiger partial charge in [0.15, 0.2) is 0 Å². The van der Waals surface area contributed by atoms with Gasteiger partial charge in [0.1, 0.15) is 35.4 Å². The van der Waals surface area contributed by atoms with Gasteiger partial charge in [0.2, 0.25) is 0 Å². The minimum atomic E-state index is -4.11. The van der Waals surface area contributed by atoms with Crippen molar-refractivity contribution in [1.29, 1.82) is 0 Å². The van der Waals surface area contributed by atoms with E-state index in [2.05, 4.69) is 0 Å². The first-order chi connectivity index (χ1) is 10.8. The summed E-state index contributed by atoms with van der Waals surface area (Å²) in [4.78, 5) is 11.4. The largest absolute Gasteiger partial charge is 0.394 e. The number of rotatable bonds is 2. The number of amides is 1. The predicted octanol–water partition coefficient (Wildman–Crippen LogP) is -2.37. The Bertz CT molecular complexity index is 746. The zero-order chi connectivity index (χ0) is 16.9. The highest BCUT2D eigenvalue weighted by Gasteiger charge is 2.47. The molecule has 1 fully saturated rings. The fraction of sp³-hybridized carbons (Fsp3) is 0.462. The third kappa shape index (κ3) is 2.43. The number of sulfonamides is 1. The molecular formula is C13H15NO8S. The quantitative estimate of drug-likeness (QED) is 0.399. The van der Waals surface area contributed by atoms with E-state index in [-0.39, 0.29) is 16.0 Å². The average molecular weight is 345 g/mol. The van der Waals surface area contributed by atoms with Crippen LogP contribution in [-0.2, 0) is 14.8 Å². The summed E-state index contributed by atoms with van der Waals surface area (Å²) in [6, 6.07) is 4.06. The maximum absolute atomic E-state index is 12.1. The highest BCUT2D eigenvalue weighted by molar-refractivity contribution is 7.90. The van der Waals surface area contributed by atoms with E-state index in [1.807, 2.05) is 4.72 Å². The molecule has 5 atom stereocenters. The maximum Gasteiger partial charge on any atom is 0.266 e. The van der Waals surface area contributed by atoms with Crippen LogP contribution in [0, 0.1) is 0 Å². The second-order valence-corrected chi connectivity index (χ2v) is 7.03. The molecule has 0 saturated carbocycles. The summed E-state index contributed by atoms with van der Waals surface area (Å²) in [7, 11) is -4.11. The van der Waals surface area contributed by atoms with Crippen molar-refractivity contribution in [2.45, 2.75) is 35.4 Å². The molecule has 23 heavy (non-hydrogen) atoms. The molecule has 1 amide bonds. The van der Waals surface area contributed by atoms with Gasteiger partial charge in [-0.2, -0.15) is 0 Å². The minimum absolute atomic E-state index is 0.0299. The fourth-order valence-corrected chi connectivity index (χ4v) is 4.25. The molecular weight excluding hydrogens is 330 g/mol. The minimum Gasteiger partial charge on any atom is -0.394 e. The summed E-state index contributed by atoms with van der Waals surface area (Å²) < 4.78 is 31.4. The normalized spacial score (nSPS) is 35.7. The van der Waals surface area contributed by atoms with E-state index in [0.717, 1.165) is 0 Å². The van der Waals surface area contributed by atoms with Crippen LogP contribution in [0.3, 0.4) is 0 Å². The molecule has 10 heteroatoms. The molecule has 126 valence electrons. The smallest absolute Gasteiger partial charge is 0.266 e. The Kier molecular flexibility index (Phi) is 3.91. The van der Waals surface area contributed by atoms with Crippen LogP contribution < -0.4 is 4.72 Å². The van der Waals surface area contributed by atoms with E-state index in [0.29, 0.717) is 0 Å². The van der Waals surface area contributed by atoms with Crippen molar-refractivity contribution in [1.82, 2.24) is 4.72 Å². The highest BCUT2D eigenvalue weighted by atomic mass is 32.2. The van der Waals surface area contributed by atoms with E-state index < -0.39 is 53.1 Å². The fourth-order valence-electron chi connectivity index (χ4n) is 2.84. The number of ether oxygens (including phenoxy) is 1. The van der Waals surface area contributed by atoms with Crippen molar-refractivity contribution < 1.29 is 38.4 Å². The summed E-state index contributed by atoms with van der Waals surface area (Å²) >= 11 is 0. The second-order valence-electron chi connectivity index (χ2n) is 5.41. The number of benzene rings is 1. The second kappa shape index (κ2) is 5.51. The van der Waals surface area contributed by atoms with Crippen molar-refractivity contribution in [3.63, 3.8) is 0 Å². The van der Waals surface area contributed by atoms with Crippen LogP contribution >= 0.6 is 0 Å². The van der Waals surface area contributed by atoms with Gasteiger partial charge in [-0.3, -0.25) is 4.79 Å². The Morgan fingerprint density at radius 2 is 1.83 bits per heavy atom. The summed E-state index contributed by atoms with van der Waals surface area (Å²) in [6.45, 7) is -0.638. The average Bonchev–Trinajstić information content (AvgIpc) is 2.75. The molecule has 1 aromatic carbocycles. The molecule has 0 aliphatic carbocycles. The molecule has 2 heterocycles. The number of carbonyl (C=O) groups is 1. The molecule has 0 radical (unpaired) electrons. The van der Waals surface area contributed by atoms with E-state index in [1.54, 1.807) is 0 Å². The zero-order valence-corrected chi connectivity index (χ0v) is 12.5. The Labute approximate surface area is 131 Å². The SMILES string of the molecule is O=C1NS(=O)(=O)c2c1cccc2C1O[C@H](CO)[C@@H](O)[C@H](O)[C@H]1O. The number of nitrogens with one attached hydrogen (secondary N) is 1. The predicted molar refractivity (Wildman–Crippen MR) is 73.8 cm³/mol. The van der Waals surface area contributed by atoms with Gasteiger partial charge in [-0.25, -0.2) is 13.1 Å². The Morgan fingerprint density at radius 1 is 1.13 bits per heavy atom. The number of fused-ring (bicyclic) bond motifs is 1. The van der Waals surface area contributed by atoms with Gasteiger partial charge in [0.25, 0.3) is 15.9 Å². The summed E-state index contributed by atoms with van der Waals surface area (Å²) in [5, 5.41) is 38.9. The molecule has 5 N–H and O–H groups in total. The lowest BCUT2D eigenvalue weighted by Gasteiger charge is -2.40. The van der Waals surface area contributed by atoms with Gasteiger partial charge in [-0.1, -0.05) is 12.1 Å². The third-order valence-corrected chi connectivity index (χ3v) is 5.43. The summed E-state index contributed by atoms with van der Waals surface area (Å²) in [6.07, 6.45) is -7.34. The number of carbonyl (C=O) groups excluding carboxylic acids is 1. The van der Waals surface area contributed by atoms with Gasteiger partial charge in [-0.05, 0) is 6.07 Å². The monoisotopic (exact) mass is 345 g/mol. The topological polar surface area (TPSA) is 153 Å². The van der Waals surface area contributed by atoms with Crippen LogP contribution in [0.1, 0.15) is 22.0 Å². The first kappa shape index (κ1) is 16.3. The molecule has 2 aliphatic rings. The number of hydrogen-bond donors (Lipinski definition) is 5. The maximum atomic E-state index is 12.1. The number of aliphatic hydroxyl groups is 4. The lowest BCUT2D eigenvalue weighted by atomic mass is 9.90. The highest BCUT2D eigenvalue weighted by Crippen LogP contribution is 2.38. The molecule has 1 aromatic rings. The Morgan fingerprint density at radius 3 is 2.48 bits per heavy atom. The molecule has 1 saturated heterocycles. The van der Waals surface area contributed by atoms with Crippen molar-refractivity contribution in [2.24, 2.45) is 0 Å². The number of hydrogen-bond acceptors (Lipinski definition) is 8. The van der Waals surface area contributed by atoms with Gasteiger partial charge >= 0.3 is 0 Å². The van der Waals surface area contributed by atoms with Crippen molar-refractivity contribution >= 4 is 15.9 Å². The van der Waals surface area contributed by atoms with Gasteiger partial charge in [-0.15, -0.1) is 0 Å². The van der Waals surface area contributed by atoms with Crippen LogP contribution in [0.15, 0.2) is 23.1 Å². The summed E-state index contributed by atoms with van der Waals surface area (Å²) in [5.74, 6) is -0.800. The molecule has 0 aromatic heterocycles. The van der Waals surface area contributed by atoms with Crippen molar-refractivity contribution in [2.75, 3.05) is 6.61 Å². The van der Waals surface area contributed by atoms with Gasteiger partial charge in [0.05, 0.1) is 12.2 Å². The Balaban J connectivity index is 2.11. The van der Waals surface area contributed by atoms with Crippen molar-refractivity contribution in [3.8, 4) is 0 Å². The molecule has 1 unspecified atom stereocenters. The van der Waals surface area contributed by atoms with Crippen LogP contribution in [-0.4, -0.2) is 65.8 Å². The molecule has 3 rings (SSSR count). The van der Waals surface area contributed by atoms with Gasteiger partial charge < -0.3 is 25.2 Å². The van der Waals surface area contributed by atoms with Crippen LogP contribution in [0.25, 0.3) is 0 Å². The number of aliphatic hydroxyl groups excluding tert-OH is 4. The third-order valence-electron chi connectivity index (χ3n) is 3.98. The lowest BCUT2D eigenvalue weighted by molar-refractivity contribution is -0.232. The van der Waals surface area contributed by atoms with Crippen molar-refractivity contribution in [3.05, 3.63) is 29.3 Å². The lowest BCUT2D eigenvalue weighted by Crippen LogP contribution is -2.55. The van der Waals surface area contributed by atoms with E-state index in [9.17, 15) is 33.6 Å². The standard InChI is InChI=1S/C13H15NO8S/c15-4-7-8(16)9(17)10(18)11(22-7)5-2-1-3-6-12(5)23(20,21)14-13(6)19/h1-3,7-11,15-18H,4H2,(H,14,19)/t7-,8-,9+,10-,11?/m1/s1. The van der Waals surface area contributed by atoms with Crippen LogP contribution in [0.5, 0.6) is 0 Å². The molecule has 2 aliphatic heterocycles. The first-order valence-electron chi connectivity index (χ1n) is 6.78. The molecule has 9 nitrogen and oxygen atoms in total. The summed E-state index contributed by atoms with van der Waals surface area (Å²) in [5.41, 5.74) is -0.128.